The highest BCUT2D eigenvalue weighted by Crippen LogP contribution is 2.18. The van der Waals surface area contributed by atoms with Gasteiger partial charge in [-0.25, -0.2) is 15.8 Å². The summed E-state index contributed by atoms with van der Waals surface area (Å²) in [5.74, 6) is 7.47. The summed E-state index contributed by atoms with van der Waals surface area (Å²) in [6, 6.07) is 2.04. The van der Waals surface area contributed by atoms with E-state index in [1.807, 2.05) is 13.0 Å². The molecule has 0 saturated heterocycles. The van der Waals surface area contributed by atoms with E-state index in [9.17, 15) is 0 Å². The van der Waals surface area contributed by atoms with E-state index < -0.39 is 0 Å². The minimum Gasteiger partial charge on any atom is -0.383 e. The van der Waals surface area contributed by atoms with Crippen molar-refractivity contribution in [2.24, 2.45) is 5.84 Å². The van der Waals surface area contributed by atoms with Gasteiger partial charge in [0.15, 0.2) is 5.82 Å². The van der Waals surface area contributed by atoms with Crippen LogP contribution in [0.25, 0.3) is 0 Å². The molecule has 7 heteroatoms. The first-order valence-corrected chi connectivity index (χ1v) is 6.84. The average Bonchev–Trinajstić information content (AvgIpc) is 2.46. The van der Waals surface area contributed by atoms with Crippen LogP contribution < -0.4 is 16.2 Å². The van der Waals surface area contributed by atoms with E-state index in [-0.39, 0.29) is 6.04 Å². The molecule has 1 aromatic rings. The number of ether oxygens (including phenoxy) is 2. The van der Waals surface area contributed by atoms with Gasteiger partial charge in [0.05, 0.1) is 12.6 Å². The Balaban J connectivity index is 3.00. The van der Waals surface area contributed by atoms with Crippen molar-refractivity contribution in [3.63, 3.8) is 0 Å². The summed E-state index contributed by atoms with van der Waals surface area (Å²) in [6.45, 7) is 8.54. The molecule has 0 aliphatic heterocycles. The van der Waals surface area contributed by atoms with Crippen molar-refractivity contribution in [1.29, 1.82) is 0 Å². The number of hydrogen-bond donors (Lipinski definition) is 2. The summed E-state index contributed by atoms with van der Waals surface area (Å²) < 4.78 is 10.6. The SMILES string of the molecule is CCOCc1nc(NN)cc(N(CC)C(C)COC)n1. The number of anilines is 2. The van der Waals surface area contributed by atoms with Crippen molar-refractivity contribution in [1.82, 2.24) is 9.97 Å². The molecule has 7 nitrogen and oxygen atoms in total. The molecule has 0 amide bonds. The smallest absolute Gasteiger partial charge is 0.158 e. The summed E-state index contributed by atoms with van der Waals surface area (Å²) in [4.78, 5) is 11.0. The van der Waals surface area contributed by atoms with Crippen LogP contribution in [-0.2, 0) is 16.1 Å². The number of nitrogens with one attached hydrogen (secondary N) is 1. The molecule has 1 aromatic heterocycles. The third-order valence-electron chi connectivity index (χ3n) is 2.92. The lowest BCUT2D eigenvalue weighted by molar-refractivity contribution is 0.128. The van der Waals surface area contributed by atoms with Crippen molar-refractivity contribution in [2.45, 2.75) is 33.4 Å². The van der Waals surface area contributed by atoms with E-state index in [0.717, 1.165) is 12.4 Å². The Morgan fingerprint density at radius 1 is 1.40 bits per heavy atom. The van der Waals surface area contributed by atoms with Gasteiger partial charge in [0.2, 0.25) is 0 Å². The standard InChI is InChI=1S/C13H25N5O2/c1-5-18(10(3)8-19-4)13-7-11(17-14)15-12(16-13)9-20-6-2/h7,10H,5-6,8-9,14H2,1-4H3,(H,15,16,17). The van der Waals surface area contributed by atoms with Crippen molar-refractivity contribution in [3.05, 3.63) is 11.9 Å². The summed E-state index contributed by atoms with van der Waals surface area (Å²) in [5, 5.41) is 0. The Labute approximate surface area is 120 Å². The Bertz CT molecular complexity index is 402. The Kier molecular flexibility index (Phi) is 7.21. The van der Waals surface area contributed by atoms with Crippen LogP contribution in [-0.4, -0.2) is 42.9 Å². The van der Waals surface area contributed by atoms with Gasteiger partial charge in [0.25, 0.3) is 0 Å². The molecule has 1 heterocycles. The lowest BCUT2D eigenvalue weighted by atomic mass is 10.3. The summed E-state index contributed by atoms with van der Waals surface area (Å²) in [5.41, 5.74) is 2.57. The van der Waals surface area contributed by atoms with Crippen molar-refractivity contribution in [2.75, 3.05) is 37.2 Å². The normalized spacial score (nSPS) is 12.2. The largest absolute Gasteiger partial charge is 0.383 e. The van der Waals surface area contributed by atoms with Crippen molar-refractivity contribution in [3.8, 4) is 0 Å². The fraction of sp³-hybridized carbons (Fsp3) is 0.692. The molecule has 0 radical (unpaired) electrons. The third kappa shape index (κ3) is 4.59. The molecule has 3 N–H and O–H groups in total. The van der Waals surface area contributed by atoms with Gasteiger partial charge in [-0.3, -0.25) is 0 Å². The predicted octanol–water partition coefficient (Wildman–Crippen LogP) is 1.16. The highest BCUT2D eigenvalue weighted by atomic mass is 16.5. The van der Waals surface area contributed by atoms with Crippen LogP contribution in [0.1, 0.15) is 26.6 Å². The Hall–Kier alpha value is -1.44. The van der Waals surface area contributed by atoms with Gasteiger partial charge < -0.3 is 19.8 Å². The maximum Gasteiger partial charge on any atom is 0.158 e. The number of rotatable bonds is 9. The van der Waals surface area contributed by atoms with Gasteiger partial charge in [-0.05, 0) is 20.8 Å². The molecular formula is C13H25N5O2. The second-order valence-electron chi connectivity index (χ2n) is 4.40. The maximum atomic E-state index is 5.47. The second kappa shape index (κ2) is 8.68. The fourth-order valence-electron chi connectivity index (χ4n) is 1.99. The van der Waals surface area contributed by atoms with Gasteiger partial charge in [-0.2, -0.15) is 0 Å². The molecule has 0 bridgehead atoms. The zero-order valence-corrected chi connectivity index (χ0v) is 12.7. The van der Waals surface area contributed by atoms with Crippen LogP contribution >= 0.6 is 0 Å². The van der Waals surface area contributed by atoms with Gasteiger partial charge in [-0.15, -0.1) is 0 Å². The van der Waals surface area contributed by atoms with Crippen LogP contribution in [0.15, 0.2) is 6.07 Å². The molecule has 0 aliphatic carbocycles. The summed E-state index contributed by atoms with van der Waals surface area (Å²) in [7, 11) is 1.69. The second-order valence-corrected chi connectivity index (χ2v) is 4.40. The number of methoxy groups -OCH3 is 1. The van der Waals surface area contributed by atoms with Crippen LogP contribution in [0.3, 0.4) is 0 Å². The van der Waals surface area contributed by atoms with Crippen molar-refractivity contribution >= 4 is 11.6 Å². The van der Waals surface area contributed by atoms with Gasteiger partial charge in [0.1, 0.15) is 18.2 Å². The van der Waals surface area contributed by atoms with Gasteiger partial charge in [-0.1, -0.05) is 0 Å². The summed E-state index contributed by atoms with van der Waals surface area (Å²) in [6.07, 6.45) is 0. The Morgan fingerprint density at radius 3 is 2.70 bits per heavy atom. The molecular weight excluding hydrogens is 258 g/mol. The van der Waals surface area contributed by atoms with Gasteiger partial charge >= 0.3 is 0 Å². The number of aromatic nitrogens is 2. The first kappa shape index (κ1) is 16.6. The Morgan fingerprint density at radius 2 is 2.15 bits per heavy atom. The topological polar surface area (TPSA) is 85.5 Å². The van der Waals surface area contributed by atoms with Crippen LogP contribution in [0, 0.1) is 0 Å². The molecule has 0 saturated carbocycles. The first-order chi connectivity index (χ1) is 9.65. The van der Waals surface area contributed by atoms with E-state index in [1.165, 1.54) is 0 Å². The zero-order valence-electron chi connectivity index (χ0n) is 12.7. The highest BCUT2D eigenvalue weighted by molar-refractivity contribution is 5.49. The number of nitrogens with zero attached hydrogens (tertiary/aromatic N) is 3. The van der Waals surface area contributed by atoms with Crippen LogP contribution in [0.2, 0.25) is 0 Å². The third-order valence-corrected chi connectivity index (χ3v) is 2.92. The molecule has 0 aromatic carbocycles. The fourth-order valence-corrected chi connectivity index (χ4v) is 1.99. The molecule has 1 atom stereocenters. The minimum absolute atomic E-state index is 0.213. The first-order valence-electron chi connectivity index (χ1n) is 6.84. The number of nitrogens with two attached hydrogens (primary N) is 1. The van der Waals surface area contributed by atoms with E-state index in [1.54, 1.807) is 7.11 Å². The molecule has 0 aliphatic rings. The number of hydrazine groups is 1. The molecule has 114 valence electrons. The predicted molar refractivity (Wildman–Crippen MR) is 79.5 cm³/mol. The lowest BCUT2D eigenvalue weighted by Gasteiger charge is -2.29. The van der Waals surface area contributed by atoms with Crippen LogP contribution in [0.5, 0.6) is 0 Å². The lowest BCUT2D eigenvalue weighted by Crippen LogP contribution is -2.37. The van der Waals surface area contributed by atoms with E-state index in [2.05, 4.69) is 34.1 Å². The average molecular weight is 283 g/mol. The molecule has 0 fully saturated rings. The number of nitrogen functional groups attached to an aromatic ring is 1. The maximum absolute atomic E-state index is 5.47. The molecule has 1 unspecified atom stereocenters. The van der Waals surface area contributed by atoms with Gasteiger partial charge in [0, 0.05) is 26.3 Å². The van der Waals surface area contributed by atoms with E-state index in [4.69, 9.17) is 15.3 Å². The van der Waals surface area contributed by atoms with Crippen molar-refractivity contribution < 1.29 is 9.47 Å². The van der Waals surface area contributed by atoms with E-state index in [0.29, 0.717) is 31.5 Å². The number of likely N-dealkylation sites (N-methyl/N-ethyl adjacent to an activating group) is 1. The van der Waals surface area contributed by atoms with Crippen LogP contribution in [0.4, 0.5) is 11.6 Å². The quantitative estimate of drug-likeness (QED) is 0.519. The molecule has 1 rings (SSSR count). The zero-order chi connectivity index (χ0) is 15.0. The highest BCUT2D eigenvalue weighted by Gasteiger charge is 2.16. The van der Waals surface area contributed by atoms with E-state index >= 15 is 0 Å². The molecule has 0 spiro atoms. The number of hydrogen-bond acceptors (Lipinski definition) is 7. The summed E-state index contributed by atoms with van der Waals surface area (Å²) >= 11 is 0. The monoisotopic (exact) mass is 283 g/mol. The molecule has 20 heavy (non-hydrogen) atoms. The minimum atomic E-state index is 0.213.